The number of anilines is 1. The molecule has 1 saturated heterocycles. The lowest BCUT2D eigenvalue weighted by Crippen LogP contribution is -2.30. The minimum absolute atomic E-state index is 0.0135. The van der Waals surface area contributed by atoms with Crippen LogP contribution in [0.25, 0.3) is 0 Å². The minimum atomic E-state index is -0.326. The van der Waals surface area contributed by atoms with Crippen LogP contribution in [0.4, 0.5) is 10.5 Å². The average molecular weight is 478 g/mol. The Kier molecular flexibility index (Phi) is 7.08. The molecule has 9 heteroatoms. The molecule has 1 aliphatic heterocycles. The minimum Gasteiger partial charge on any atom is -0.448 e. The number of nitrogens with two attached hydrogens (primary N) is 1. The largest absolute Gasteiger partial charge is 0.448 e. The second-order valence-electron chi connectivity index (χ2n) is 8.00. The number of cyclic esters (lactones) is 1. The Morgan fingerprint density at radius 2 is 1.88 bits per heavy atom. The van der Waals surface area contributed by atoms with Gasteiger partial charge in [-0.25, -0.2) is 4.79 Å². The number of nitrogens with zero attached hydrogens (tertiary/aromatic N) is 2. The molecular formula is C25H24ClN5O3. The highest BCUT2D eigenvalue weighted by molar-refractivity contribution is 6.31. The van der Waals surface area contributed by atoms with Crippen LogP contribution in [0.3, 0.4) is 0 Å². The van der Waals surface area contributed by atoms with Gasteiger partial charge in [0.25, 0.3) is 5.91 Å². The van der Waals surface area contributed by atoms with Crippen molar-refractivity contribution in [3.63, 3.8) is 0 Å². The number of halogens is 1. The Morgan fingerprint density at radius 1 is 1.12 bits per heavy atom. The fourth-order valence-corrected chi connectivity index (χ4v) is 3.82. The summed E-state index contributed by atoms with van der Waals surface area (Å²) in [5.41, 5.74) is 10.4. The standard InChI is InChI=1S/C25H24ClN5O3/c26-20-5-6-22(27)21(11-20)23(28)14-30-24(32)19-10-18(12-29-13-19)9-16-1-3-17(4-2-16)15-31-7-8-34-25(31)33/h1-6,10-13,28H,7-9,14-15,27H2,(H,30,32). The summed E-state index contributed by atoms with van der Waals surface area (Å²) in [6.07, 6.45) is 3.54. The first kappa shape index (κ1) is 23.3. The van der Waals surface area contributed by atoms with Crippen molar-refractivity contribution in [1.29, 1.82) is 5.41 Å². The SMILES string of the molecule is N=C(CNC(=O)c1cncc(Cc2ccc(CN3CCOC3=O)cc2)c1)c1cc(Cl)ccc1N. The van der Waals surface area contributed by atoms with E-state index in [2.05, 4.69) is 10.3 Å². The number of amides is 2. The summed E-state index contributed by atoms with van der Waals surface area (Å²) in [5.74, 6) is -0.326. The molecule has 2 aromatic carbocycles. The molecule has 1 aromatic heterocycles. The summed E-state index contributed by atoms with van der Waals surface area (Å²) in [4.78, 5) is 30.1. The number of carbonyl (C=O) groups excluding carboxylic acids is 2. The van der Waals surface area contributed by atoms with Crippen LogP contribution >= 0.6 is 11.6 Å². The van der Waals surface area contributed by atoms with Crippen molar-refractivity contribution >= 4 is 35.0 Å². The van der Waals surface area contributed by atoms with E-state index in [1.54, 1.807) is 35.4 Å². The number of carbonyl (C=O) groups is 2. The molecule has 0 bridgehead atoms. The Hall–Kier alpha value is -3.91. The number of pyridine rings is 1. The van der Waals surface area contributed by atoms with Gasteiger partial charge >= 0.3 is 6.09 Å². The van der Waals surface area contributed by atoms with E-state index in [-0.39, 0.29) is 24.3 Å². The maximum atomic E-state index is 12.6. The van der Waals surface area contributed by atoms with E-state index in [0.29, 0.717) is 48.0 Å². The van der Waals surface area contributed by atoms with Crippen LogP contribution in [0.5, 0.6) is 0 Å². The van der Waals surface area contributed by atoms with Crippen molar-refractivity contribution < 1.29 is 14.3 Å². The van der Waals surface area contributed by atoms with E-state index in [1.165, 1.54) is 6.20 Å². The number of nitrogen functional groups attached to an aromatic ring is 1. The molecule has 2 amide bonds. The highest BCUT2D eigenvalue weighted by atomic mass is 35.5. The molecule has 3 aromatic rings. The van der Waals surface area contributed by atoms with Crippen LogP contribution in [-0.4, -0.2) is 47.3 Å². The Labute approximate surface area is 202 Å². The molecule has 4 N–H and O–H groups in total. The molecular weight excluding hydrogens is 454 g/mol. The van der Waals surface area contributed by atoms with Gasteiger partial charge in [0, 0.05) is 35.2 Å². The molecule has 0 aliphatic carbocycles. The Morgan fingerprint density at radius 3 is 2.62 bits per heavy atom. The third-order valence-corrected chi connectivity index (χ3v) is 5.71. The maximum Gasteiger partial charge on any atom is 0.410 e. The van der Waals surface area contributed by atoms with Crippen molar-refractivity contribution in [1.82, 2.24) is 15.2 Å². The number of rotatable bonds is 8. The van der Waals surface area contributed by atoms with E-state index in [4.69, 9.17) is 27.5 Å². The summed E-state index contributed by atoms with van der Waals surface area (Å²) in [6.45, 7) is 1.57. The van der Waals surface area contributed by atoms with Gasteiger partial charge in [-0.2, -0.15) is 0 Å². The first-order valence-corrected chi connectivity index (χ1v) is 11.1. The predicted molar refractivity (Wildman–Crippen MR) is 130 cm³/mol. The van der Waals surface area contributed by atoms with Crippen molar-refractivity contribution in [2.75, 3.05) is 25.4 Å². The molecule has 0 unspecified atom stereocenters. The molecule has 1 fully saturated rings. The van der Waals surface area contributed by atoms with Gasteiger partial charge in [-0.15, -0.1) is 0 Å². The lowest BCUT2D eigenvalue weighted by molar-refractivity contribution is 0.0958. The fraction of sp³-hybridized carbons (Fsp3) is 0.200. The molecule has 2 heterocycles. The Bertz CT molecular complexity index is 1230. The quantitative estimate of drug-likeness (QED) is 0.337. The van der Waals surface area contributed by atoms with Gasteiger partial charge in [0.15, 0.2) is 0 Å². The first-order chi connectivity index (χ1) is 16.4. The monoisotopic (exact) mass is 477 g/mol. The van der Waals surface area contributed by atoms with Crippen molar-refractivity contribution in [2.45, 2.75) is 13.0 Å². The van der Waals surface area contributed by atoms with Crippen LogP contribution in [0, 0.1) is 5.41 Å². The van der Waals surface area contributed by atoms with E-state index >= 15 is 0 Å². The Balaban J connectivity index is 1.35. The number of nitrogens with one attached hydrogen (secondary N) is 2. The lowest BCUT2D eigenvalue weighted by atomic mass is 10.0. The van der Waals surface area contributed by atoms with E-state index in [0.717, 1.165) is 16.7 Å². The van der Waals surface area contributed by atoms with E-state index < -0.39 is 0 Å². The van der Waals surface area contributed by atoms with E-state index in [9.17, 15) is 9.59 Å². The topological polar surface area (TPSA) is 121 Å². The van der Waals surface area contributed by atoms with Gasteiger partial charge in [0.2, 0.25) is 0 Å². The van der Waals surface area contributed by atoms with Crippen molar-refractivity contribution in [3.8, 4) is 0 Å². The number of hydrogen-bond donors (Lipinski definition) is 3. The summed E-state index contributed by atoms with van der Waals surface area (Å²) in [7, 11) is 0. The third-order valence-electron chi connectivity index (χ3n) is 5.47. The lowest BCUT2D eigenvalue weighted by Gasteiger charge is -2.13. The molecule has 8 nitrogen and oxygen atoms in total. The summed E-state index contributed by atoms with van der Waals surface area (Å²) >= 11 is 5.99. The zero-order valence-electron chi connectivity index (χ0n) is 18.4. The predicted octanol–water partition coefficient (Wildman–Crippen LogP) is 3.66. The van der Waals surface area contributed by atoms with Gasteiger partial charge in [-0.05, 0) is 47.4 Å². The smallest absolute Gasteiger partial charge is 0.410 e. The zero-order valence-corrected chi connectivity index (χ0v) is 19.1. The van der Waals surface area contributed by atoms with Gasteiger partial charge in [-0.3, -0.25) is 9.78 Å². The van der Waals surface area contributed by atoms with Gasteiger partial charge in [0.05, 0.1) is 24.4 Å². The summed E-state index contributed by atoms with van der Waals surface area (Å²) in [5, 5.41) is 11.4. The van der Waals surface area contributed by atoms with Crippen LogP contribution in [0.1, 0.15) is 32.6 Å². The molecule has 0 spiro atoms. The highest BCUT2D eigenvalue weighted by Crippen LogP contribution is 2.18. The molecule has 0 atom stereocenters. The van der Waals surface area contributed by atoms with E-state index in [1.807, 2.05) is 24.3 Å². The van der Waals surface area contributed by atoms with Crippen LogP contribution in [0.15, 0.2) is 60.9 Å². The van der Waals surface area contributed by atoms with Crippen LogP contribution in [-0.2, 0) is 17.7 Å². The molecule has 0 radical (unpaired) electrons. The number of benzene rings is 2. The molecule has 34 heavy (non-hydrogen) atoms. The summed E-state index contributed by atoms with van der Waals surface area (Å²) < 4.78 is 4.96. The van der Waals surface area contributed by atoms with Crippen LogP contribution in [0.2, 0.25) is 5.02 Å². The van der Waals surface area contributed by atoms with Crippen molar-refractivity contribution in [3.05, 3.63) is 93.8 Å². The van der Waals surface area contributed by atoms with Crippen LogP contribution < -0.4 is 11.1 Å². The van der Waals surface area contributed by atoms with Gasteiger partial charge < -0.3 is 26.1 Å². The number of aromatic nitrogens is 1. The average Bonchev–Trinajstić information content (AvgIpc) is 3.24. The first-order valence-electron chi connectivity index (χ1n) is 10.7. The maximum absolute atomic E-state index is 12.6. The summed E-state index contributed by atoms with van der Waals surface area (Å²) in [6, 6.07) is 14.6. The molecule has 4 rings (SSSR count). The number of hydrogen-bond acceptors (Lipinski definition) is 6. The normalized spacial score (nSPS) is 13.0. The van der Waals surface area contributed by atoms with Gasteiger partial charge in [0.1, 0.15) is 6.61 Å². The number of ether oxygens (including phenoxy) is 1. The molecule has 0 saturated carbocycles. The third kappa shape index (κ3) is 5.71. The zero-order chi connectivity index (χ0) is 24.1. The second-order valence-corrected chi connectivity index (χ2v) is 8.44. The molecule has 174 valence electrons. The fourth-order valence-electron chi connectivity index (χ4n) is 3.65. The van der Waals surface area contributed by atoms with Crippen molar-refractivity contribution in [2.24, 2.45) is 0 Å². The second kappa shape index (κ2) is 10.4. The molecule has 1 aliphatic rings. The van der Waals surface area contributed by atoms with Gasteiger partial charge in [-0.1, -0.05) is 35.9 Å². The highest BCUT2D eigenvalue weighted by Gasteiger charge is 2.21.